The van der Waals surface area contributed by atoms with E-state index in [2.05, 4.69) is 5.32 Å². The van der Waals surface area contributed by atoms with E-state index in [1.54, 1.807) is 0 Å². The number of carboxylic acid groups (broad SMARTS) is 1. The largest absolute Gasteiger partial charge is 0.480 e. The maximum Gasteiger partial charge on any atom is 0.320 e. The molecule has 0 aliphatic rings. The van der Waals surface area contributed by atoms with E-state index in [0.29, 0.717) is 19.4 Å². The van der Waals surface area contributed by atoms with Gasteiger partial charge in [0.2, 0.25) is 5.91 Å². The monoisotopic (exact) mass is 208 g/mol. The highest BCUT2D eigenvalue weighted by Gasteiger charge is 2.10. The molecule has 0 fully saturated rings. The predicted molar refractivity (Wildman–Crippen MR) is 48.6 cm³/mol. The third-order valence-corrected chi connectivity index (χ3v) is 1.70. The Bertz CT molecular complexity index is 187. The zero-order chi connectivity index (χ0) is 10.3. The quantitative estimate of drug-likeness (QED) is 0.407. The minimum atomic E-state index is -1.02. The molecule has 1 amide bonds. The molecule has 1 atom stereocenters. The number of carbonyl (C=O) groups excluding carboxylic acids is 1. The Hall–Kier alpha value is -0.810. The zero-order valence-corrected chi connectivity index (χ0v) is 7.88. The third kappa shape index (κ3) is 6.36. The highest BCUT2D eigenvalue weighted by Crippen LogP contribution is 1.92. The summed E-state index contributed by atoms with van der Waals surface area (Å²) >= 11 is 5.21. The number of carboxylic acids is 1. The first-order chi connectivity index (χ1) is 6.07. The Morgan fingerprint density at radius 1 is 1.54 bits per heavy atom. The van der Waals surface area contributed by atoms with Gasteiger partial charge in [-0.05, 0) is 12.8 Å². The molecule has 0 saturated carbocycles. The Labute approximate surface area is 81.2 Å². The van der Waals surface area contributed by atoms with Gasteiger partial charge < -0.3 is 16.2 Å². The molecule has 0 rings (SSSR count). The molecule has 0 saturated heterocycles. The number of hydrogen-bond acceptors (Lipinski definition) is 3. The van der Waals surface area contributed by atoms with E-state index in [1.165, 1.54) is 0 Å². The Morgan fingerprint density at radius 3 is 2.62 bits per heavy atom. The van der Waals surface area contributed by atoms with Gasteiger partial charge in [0, 0.05) is 6.54 Å². The molecule has 0 aromatic heterocycles. The van der Waals surface area contributed by atoms with Gasteiger partial charge in [-0.3, -0.25) is 9.59 Å². The number of halogens is 1. The van der Waals surface area contributed by atoms with Crippen LogP contribution in [0.2, 0.25) is 0 Å². The molecular formula is C7H13ClN2O3. The van der Waals surface area contributed by atoms with Crippen LogP contribution in [-0.4, -0.2) is 35.4 Å². The number of nitrogens with two attached hydrogens (primary N) is 1. The molecule has 0 unspecified atom stereocenters. The van der Waals surface area contributed by atoms with Crippen LogP contribution in [0, 0.1) is 0 Å². The van der Waals surface area contributed by atoms with Gasteiger partial charge in [0.15, 0.2) is 0 Å². The van der Waals surface area contributed by atoms with Crippen molar-refractivity contribution in [1.82, 2.24) is 5.32 Å². The van der Waals surface area contributed by atoms with Crippen molar-refractivity contribution in [3.63, 3.8) is 0 Å². The van der Waals surface area contributed by atoms with Crippen molar-refractivity contribution < 1.29 is 14.7 Å². The normalized spacial score (nSPS) is 12.2. The summed E-state index contributed by atoms with van der Waals surface area (Å²) in [5, 5.41) is 10.9. The summed E-state index contributed by atoms with van der Waals surface area (Å²) < 4.78 is 0. The van der Waals surface area contributed by atoms with Gasteiger partial charge in [0.1, 0.15) is 11.9 Å². The second kappa shape index (κ2) is 6.68. The average molecular weight is 209 g/mol. The molecule has 6 heteroatoms. The first kappa shape index (κ1) is 12.2. The topological polar surface area (TPSA) is 92.4 Å². The van der Waals surface area contributed by atoms with Gasteiger partial charge in [-0.2, -0.15) is 0 Å². The van der Waals surface area contributed by atoms with Crippen LogP contribution in [0.4, 0.5) is 0 Å². The summed E-state index contributed by atoms with van der Waals surface area (Å²) in [7, 11) is 0. The van der Waals surface area contributed by atoms with Gasteiger partial charge in [0.05, 0.1) is 0 Å². The van der Waals surface area contributed by atoms with E-state index in [9.17, 15) is 9.59 Å². The Morgan fingerprint density at radius 2 is 2.15 bits per heavy atom. The fourth-order valence-electron chi connectivity index (χ4n) is 0.721. The van der Waals surface area contributed by atoms with E-state index in [0.717, 1.165) is 0 Å². The molecule has 13 heavy (non-hydrogen) atoms. The lowest BCUT2D eigenvalue weighted by atomic mass is 10.2. The van der Waals surface area contributed by atoms with Crippen molar-refractivity contribution >= 4 is 23.5 Å². The van der Waals surface area contributed by atoms with Crippen LogP contribution in [0.5, 0.6) is 0 Å². The van der Waals surface area contributed by atoms with Crippen LogP contribution in [0.15, 0.2) is 0 Å². The Kier molecular flexibility index (Phi) is 6.26. The van der Waals surface area contributed by atoms with E-state index in [4.69, 9.17) is 22.4 Å². The molecule has 0 aromatic rings. The zero-order valence-electron chi connectivity index (χ0n) is 7.12. The number of nitrogens with one attached hydrogen (secondary N) is 1. The molecule has 0 aromatic carbocycles. The maximum absolute atomic E-state index is 10.6. The minimum absolute atomic E-state index is 0.0784. The van der Waals surface area contributed by atoms with Crippen LogP contribution < -0.4 is 11.1 Å². The number of hydrogen-bond donors (Lipinski definition) is 3. The van der Waals surface area contributed by atoms with E-state index >= 15 is 0 Å². The van der Waals surface area contributed by atoms with Gasteiger partial charge in [-0.25, -0.2) is 0 Å². The second-order valence-electron chi connectivity index (χ2n) is 2.57. The molecule has 0 spiro atoms. The van der Waals surface area contributed by atoms with Gasteiger partial charge in [-0.1, -0.05) is 0 Å². The van der Waals surface area contributed by atoms with Crippen LogP contribution in [0.1, 0.15) is 12.8 Å². The van der Waals surface area contributed by atoms with Crippen LogP contribution in [0.25, 0.3) is 0 Å². The molecule has 4 N–H and O–H groups in total. The van der Waals surface area contributed by atoms with Gasteiger partial charge >= 0.3 is 5.97 Å². The molecule has 0 heterocycles. The molecule has 0 aliphatic carbocycles. The summed E-state index contributed by atoms with van der Waals surface area (Å²) in [6.45, 7) is 0.409. The Balaban J connectivity index is 3.35. The summed E-state index contributed by atoms with van der Waals surface area (Å²) in [4.78, 5) is 20.8. The fraction of sp³-hybridized carbons (Fsp3) is 0.714. The van der Waals surface area contributed by atoms with Crippen molar-refractivity contribution in [2.45, 2.75) is 18.9 Å². The number of aliphatic carboxylic acids is 1. The van der Waals surface area contributed by atoms with E-state index < -0.39 is 12.0 Å². The van der Waals surface area contributed by atoms with Crippen LogP contribution >= 0.6 is 11.6 Å². The molecule has 0 bridgehead atoms. The van der Waals surface area contributed by atoms with Crippen molar-refractivity contribution in [3.05, 3.63) is 0 Å². The SMILES string of the molecule is N[C@@H](CCCNC(=O)CCl)C(=O)O. The van der Waals surface area contributed by atoms with Gasteiger partial charge in [-0.15, -0.1) is 11.6 Å². The second-order valence-corrected chi connectivity index (χ2v) is 2.84. The van der Waals surface area contributed by atoms with Crippen molar-refractivity contribution in [1.29, 1.82) is 0 Å². The molecule has 76 valence electrons. The maximum atomic E-state index is 10.6. The number of rotatable bonds is 6. The lowest BCUT2D eigenvalue weighted by Crippen LogP contribution is -2.32. The summed E-state index contributed by atoms with van der Waals surface area (Å²) in [6, 6.07) is -0.854. The van der Waals surface area contributed by atoms with Crippen molar-refractivity contribution in [2.75, 3.05) is 12.4 Å². The summed E-state index contributed by atoms with van der Waals surface area (Å²) in [5.41, 5.74) is 5.23. The highest BCUT2D eigenvalue weighted by atomic mass is 35.5. The molecule has 5 nitrogen and oxygen atoms in total. The van der Waals surface area contributed by atoms with Gasteiger partial charge in [0.25, 0.3) is 0 Å². The molecule has 0 aliphatic heterocycles. The third-order valence-electron chi connectivity index (χ3n) is 1.45. The fourth-order valence-corrected chi connectivity index (χ4v) is 0.815. The average Bonchev–Trinajstić information content (AvgIpc) is 2.11. The number of amides is 1. The minimum Gasteiger partial charge on any atom is -0.480 e. The summed E-state index contributed by atoms with van der Waals surface area (Å²) in [5.74, 6) is -1.36. The van der Waals surface area contributed by atoms with E-state index in [1.807, 2.05) is 0 Å². The smallest absolute Gasteiger partial charge is 0.320 e. The lowest BCUT2D eigenvalue weighted by Gasteiger charge is -2.06. The first-order valence-corrected chi connectivity index (χ1v) is 4.42. The molecular weight excluding hydrogens is 196 g/mol. The molecule has 0 radical (unpaired) electrons. The summed E-state index contributed by atoms with van der Waals surface area (Å²) in [6.07, 6.45) is 0.883. The van der Waals surface area contributed by atoms with Crippen LogP contribution in [0.3, 0.4) is 0 Å². The standard InChI is InChI=1S/C7H13ClN2O3/c8-4-6(11)10-3-1-2-5(9)7(12)13/h5H,1-4,9H2,(H,10,11)(H,12,13)/t5-/m0/s1. The van der Waals surface area contributed by atoms with Crippen molar-refractivity contribution in [2.24, 2.45) is 5.73 Å². The highest BCUT2D eigenvalue weighted by molar-refractivity contribution is 6.27. The number of alkyl halides is 1. The van der Waals surface area contributed by atoms with E-state index in [-0.39, 0.29) is 11.8 Å². The number of carbonyl (C=O) groups is 2. The lowest BCUT2D eigenvalue weighted by molar-refractivity contribution is -0.138. The van der Waals surface area contributed by atoms with Crippen LogP contribution in [-0.2, 0) is 9.59 Å². The predicted octanol–water partition coefficient (Wildman–Crippen LogP) is -0.467. The van der Waals surface area contributed by atoms with Crippen molar-refractivity contribution in [3.8, 4) is 0 Å². The first-order valence-electron chi connectivity index (χ1n) is 3.89.